The molecule has 0 aromatic carbocycles. The number of nitrogens with zero attached hydrogens (tertiary/aromatic N) is 2. The maximum Gasteiger partial charge on any atom is 0.406 e. The van der Waals surface area contributed by atoms with Crippen molar-refractivity contribution in [2.75, 3.05) is 18.1 Å². The van der Waals surface area contributed by atoms with Crippen LogP contribution < -0.4 is 4.90 Å². The predicted octanol–water partition coefficient (Wildman–Crippen LogP) is 3.03. The van der Waals surface area contributed by atoms with Gasteiger partial charge in [0, 0.05) is 11.4 Å². The van der Waals surface area contributed by atoms with Crippen molar-refractivity contribution in [1.82, 2.24) is 4.98 Å². The number of hydrogen-bond acceptors (Lipinski definition) is 5. The molecule has 1 rings (SSSR count). The van der Waals surface area contributed by atoms with Crippen molar-refractivity contribution in [1.29, 1.82) is 0 Å². The minimum Gasteiger partial charge on any atom is -0.466 e. The van der Waals surface area contributed by atoms with Gasteiger partial charge in [0.2, 0.25) is 0 Å². The molecule has 0 saturated carbocycles. The van der Waals surface area contributed by atoms with Crippen LogP contribution in [0, 0.1) is 0 Å². The Balaban J connectivity index is 2.79. The summed E-state index contributed by atoms with van der Waals surface area (Å²) in [7, 11) is 0. The van der Waals surface area contributed by atoms with Gasteiger partial charge in [-0.3, -0.25) is 4.79 Å². The Morgan fingerprint density at radius 1 is 1.50 bits per heavy atom. The summed E-state index contributed by atoms with van der Waals surface area (Å²) in [5, 5.41) is 1.84. The number of rotatable bonds is 6. The van der Waals surface area contributed by atoms with Crippen LogP contribution >= 0.6 is 11.3 Å². The van der Waals surface area contributed by atoms with Crippen molar-refractivity contribution < 1.29 is 22.7 Å². The predicted molar refractivity (Wildman–Crippen MR) is 71.0 cm³/mol. The first kappa shape index (κ1) is 16.7. The molecule has 8 heteroatoms. The van der Waals surface area contributed by atoms with Gasteiger partial charge in [-0.05, 0) is 20.8 Å². The van der Waals surface area contributed by atoms with Gasteiger partial charge < -0.3 is 9.64 Å². The molecule has 20 heavy (non-hydrogen) atoms. The molecule has 0 aliphatic heterocycles. The van der Waals surface area contributed by atoms with Crippen LogP contribution in [0.2, 0.25) is 0 Å². The van der Waals surface area contributed by atoms with Crippen LogP contribution in [-0.2, 0) is 16.0 Å². The molecule has 114 valence electrons. The molecule has 0 radical (unpaired) electrons. The number of ether oxygens (including phenoxy) is 1. The molecule has 0 N–H and O–H groups in total. The Bertz CT molecular complexity index is 446. The second kappa shape index (κ2) is 6.92. The Hall–Kier alpha value is -1.31. The van der Waals surface area contributed by atoms with Gasteiger partial charge in [0.05, 0.1) is 18.7 Å². The highest BCUT2D eigenvalue weighted by atomic mass is 32.1. The summed E-state index contributed by atoms with van der Waals surface area (Å²) < 4.78 is 42.4. The van der Waals surface area contributed by atoms with Crippen molar-refractivity contribution in [2.24, 2.45) is 0 Å². The summed E-state index contributed by atoms with van der Waals surface area (Å²) >= 11 is 1.09. The number of carbonyl (C=O) groups is 1. The molecule has 0 fully saturated rings. The third-order valence-corrected chi connectivity index (χ3v) is 3.32. The number of aromatic nitrogens is 1. The lowest BCUT2D eigenvalue weighted by Crippen LogP contribution is -2.39. The van der Waals surface area contributed by atoms with Crippen LogP contribution in [-0.4, -0.2) is 36.3 Å². The zero-order valence-electron chi connectivity index (χ0n) is 11.5. The number of anilines is 1. The minimum atomic E-state index is -4.29. The summed E-state index contributed by atoms with van der Waals surface area (Å²) in [6, 6.07) is -0.335. The molecule has 1 aromatic rings. The molecule has 0 saturated heterocycles. The summed E-state index contributed by atoms with van der Waals surface area (Å²) in [6.07, 6.45) is -4.32. The summed E-state index contributed by atoms with van der Waals surface area (Å²) in [4.78, 5) is 16.6. The molecule has 0 atom stereocenters. The van der Waals surface area contributed by atoms with Crippen LogP contribution in [0.3, 0.4) is 0 Å². The molecule has 0 spiro atoms. The van der Waals surface area contributed by atoms with E-state index in [1.807, 2.05) is 0 Å². The average Bonchev–Trinajstić information content (AvgIpc) is 2.73. The van der Waals surface area contributed by atoms with Gasteiger partial charge in [0.15, 0.2) is 5.13 Å². The fraction of sp³-hybridized carbons (Fsp3) is 0.667. The maximum atomic E-state index is 12.5. The van der Waals surface area contributed by atoms with Gasteiger partial charge in [-0.2, -0.15) is 13.2 Å². The van der Waals surface area contributed by atoms with E-state index in [4.69, 9.17) is 4.74 Å². The average molecular weight is 310 g/mol. The van der Waals surface area contributed by atoms with E-state index in [1.165, 1.54) is 4.90 Å². The fourth-order valence-electron chi connectivity index (χ4n) is 1.53. The van der Waals surface area contributed by atoms with Gasteiger partial charge in [-0.25, -0.2) is 4.98 Å². The van der Waals surface area contributed by atoms with Crippen molar-refractivity contribution in [3.8, 4) is 0 Å². The monoisotopic (exact) mass is 310 g/mol. The van der Waals surface area contributed by atoms with Crippen molar-refractivity contribution in [2.45, 2.75) is 39.4 Å². The van der Waals surface area contributed by atoms with E-state index >= 15 is 0 Å². The maximum absolute atomic E-state index is 12.5. The molecule has 1 heterocycles. The van der Waals surface area contributed by atoms with E-state index in [0.717, 1.165) is 11.3 Å². The number of hydrogen-bond donors (Lipinski definition) is 0. The Kier molecular flexibility index (Phi) is 5.79. The smallest absolute Gasteiger partial charge is 0.406 e. The van der Waals surface area contributed by atoms with Crippen LogP contribution in [0.25, 0.3) is 0 Å². The molecule has 0 bridgehead atoms. The molecule has 0 amide bonds. The Morgan fingerprint density at radius 2 is 2.15 bits per heavy atom. The fourth-order valence-corrected chi connectivity index (χ4v) is 2.49. The zero-order valence-corrected chi connectivity index (χ0v) is 12.3. The number of esters is 1. The molecule has 0 aliphatic rings. The lowest BCUT2D eigenvalue weighted by atomic mass is 10.3. The summed E-state index contributed by atoms with van der Waals surface area (Å²) in [5.41, 5.74) is 0.427. The van der Waals surface area contributed by atoms with Crippen molar-refractivity contribution in [3.05, 3.63) is 11.1 Å². The molecule has 1 aromatic heterocycles. The van der Waals surface area contributed by atoms with Gasteiger partial charge in [0.25, 0.3) is 0 Å². The highest BCUT2D eigenvalue weighted by Gasteiger charge is 2.33. The first-order chi connectivity index (χ1) is 9.23. The van der Waals surface area contributed by atoms with E-state index in [0.29, 0.717) is 5.69 Å². The minimum absolute atomic E-state index is 0.0255. The number of halogens is 3. The first-order valence-corrected chi connectivity index (χ1v) is 7.04. The second-order valence-corrected chi connectivity index (χ2v) is 5.28. The van der Waals surface area contributed by atoms with Gasteiger partial charge in [-0.15, -0.1) is 11.3 Å². The zero-order chi connectivity index (χ0) is 15.3. The van der Waals surface area contributed by atoms with Gasteiger partial charge >= 0.3 is 12.1 Å². The van der Waals surface area contributed by atoms with E-state index in [-0.39, 0.29) is 24.2 Å². The third kappa shape index (κ3) is 5.36. The number of thiazole rings is 1. The Morgan fingerprint density at radius 3 is 2.65 bits per heavy atom. The topological polar surface area (TPSA) is 42.4 Å². The van der Waals surface area contributed by atoms with E-state index < -0.39 is 18.7 Å². The SMILES string of the molecule is CCOC(=O)Cc1csc(N(CC(F)(F)F)C(C)C)n1. The van der Waals surface area contributed by atoms with Crippen molar-refractivity contribution in [3.63, 3.8) is 0 Å². The molecular formula is C12H17F3N2O2S. The highest BCUT2D eigenvalue weighted by molar-refractivity contribution is 7.13. The second-order valence-electron chi connectivity index (χ2n) is 4.44. The lowest BCUT2D eigenvalue weighted by molar-refractivity contribution is -0.142. The largest absolute Gasteiger partial charge is 0.466 e. The van der Waals surface area contributed by atoms with Crippen LogP contribution in [0.15, 0.2) is 5.38 Å². The summed E-state index contributed by atoms with van der Waals surface area (Å²) in [6.45, 7) is 4.23. The Labute approximate surface area is 119 Å². The number of carbonyl (C=O) groups excluding carboxylic acids is 1. The number of alkyl halides is 3. The first-order valence-electron chi connectivity index (χ1n) is 6.16. The quantitative estimate of drug-likeness (QED) is 0.758. The highest BCUT2D eigenvalue weighted by Crippen LogP contribution is 2.27. The van der Waals surface area contributed by atoms with Crippen LogP contribution in [0.5, 0.6) is 0 Å². The molecule has 0 aliphatic carbocycles. The lowest BCUT2D eigenvalue weighted by Gasteiger charge is -2.27. The summed E-state index contributed by atoms with van der Waals surface area (Å²) in [5.74, 6) is -0.434. The third-order valence-electron chi connectivity index (χ3n) is 2.39. The van der Waals surface area contributed by atoms with Gasteiger partial charge in [-0.1, -0.05) is 0 Å². The molecule has 0 unspecified atom stereocenters. The molecular weight excluding hydrogens is 293 g/mol. The van der Waals surface area contributed by atoms with Crippen molar-refractivity contribution >= 4 is 22.4 Å². The standard InChI is InChI=1S/C12H17F3N2O2S/c1-4-19-10(18)5-9-6-20-11(16-9)17(8(2)3)7-12(13,14)15/h6,8H,4-5,7H2,1-3H3. The van der Waals surface area contributed by atoms with E-state index in [9.17, 15) is 18.0 Å². The van der Waals surface area contributed by atoms with Gasteiger partial charge in [0.1, 0.15) is 6.54 Å². The molecule has 4 nitrogen and oxygen atoms in total. The van der Waals surface area contributed by atoms with E-state index in [2.05, 4.69) is 4.98 Å². The van der Waals surface area contributed by atoms with Crippen LogP contribution in [0.1, 0.15) is 26.5 Å². The van der Waals surface area contributed by atoms with E-state index in [1.54, 1.807) is 26.2 Å². The normalized spacial score (nSPS) is 11.8. The van der Waals surface area contributed by atoms with Crippen LogP contribution in [0.4, 0.5) is 18.3 Å².